The lowest BCUT2D eigenvalue weighted by molar-refractivity contribution is 0.248. The van der Waals surface area contributed by atoms with Gasteiger partial charge in [-0.1, -0.05) is 17.7 Å². The highest BCUT2D eigenvalue weighted by atomic mass is 35.5. The van der Waals surface area contributed by atoms with Crippen molar-refractivity contribution in [2.75, 3.05) is 19.3 Å². The highest BCUT2D eigenvalue weighted by Gasteiger charge is 2.30. The predicted molar refractivity (Wildman–Crippen MR) is 81.3 cm³/mol. The Morgan fingerprint density at radius 2 is 2.15 bits per heavy atom. The summed E-state index contributed by atoms with van der Waals surface area (Å²) in [5.41, 5.74) is 5.88. The summed E-state index contributed by atoms with van der Waals surface area (Å²) < 4.78 is 27.2. The van der Waals surface area contributed by atoms with E-state index in [1.807, 2.05) is 14.0 Å². The summed E-state index contributed by atoms with van der Waals surface area (Å²) in [5, 5.41) is 0.140. The Kier molecular flexibility index (Phi) is 4.59. The van der Waals surface area contributed by atoms with Crippen LogP contribution in [0.1, 0.15) is 19.8 Å². The van der Waals surface area contributed by atoms with Crippen LogP contribution in [0.25, 0.3) is 0 Å². The summed E-state index contributed by atoms with van der Waals surface area (Å²) in [6, 6.07) is 5.38. The molecule has 0 heterocycles. The van der Waals surface area contributed by atoms with E-state index in [-0.39, 0.29) is 21.6 Å². The van der Waals surface area contributed by atoms with Crippen LogP contribution in [0.3, 0.4) is 0 Å². The average Bonchev–Trinajstić information content (AvgIpc) is 3.19. The summed E-state index contributed by atoms with van der Waals surface area (Å²) in [7, 11) is -1.67. The van der Waals surface area contributed by atoms with Crippen LogP contribution in [0.15, 0.2) is 23.1 Å². The topological polar surface area (TPSA) is 75.4 Å². The molecule has 5 nitrogen and oxygen atoms in total. The van der Waals surface area contributed by atoms with Crippen molar-refractivity contribution in [3.8, 4) is 0 Å². The number of sulfonamides is 1. The van der Waals surface area contributed by atoms with Gasteiger partial charge < -0.3 is 5.73 Å². The molecule has 1 unspecified atom stereocenters. The minimum atomic E-state index is -3.69. The Morgan fingerprint density at radius 3 is 2.70 bits per heavy atom. The third-order valence-electron chi connectivity index (χ3n) is 3.65. The maximum Gasteiger partial charge on any atom is 0.244 e. The minimum absolute atomic E-state index is 0.0389. The molecule has 1 aliphatic carbocycles. The molecule has 7 heteroatoms. The van der Waals surface area contributed by atoms with Crippen molar-refractivity contribution in [3.05, 3.63) is 23.2 Å². The summed E-state index contributed by atoms with van der Waals surface area (Å²) in [6.07, 6.45) is 2.37. The molecule has 3 N–H and O–H groups in total. The van der Waals surface area contributed by atoms with Crippen LogP contribution >= 0.6 is 11.6 Å². The van der Waals surface area contributed by atoms with E-state index in [1.54, 1.807) is 6.07 Å². The number of rotatable bonds is 6. The first-order valence-corrected chi connectivity index (χ1v) is 8.44. The molecule has 1 fully saturated rings. The van der Waals surface area contributed by atoms with Crippen LogP contribution in [0.4, 0.5) is 5.69 Å². The lowest BCUT2D eigenvalue weighted by Crippen LogP contribution is -2.41. The third kappa shape index (κ3) is 3.44. The van der Waals surface area contributed by atoms with Crippen LogP contribution in [0, 0.1) is 0 Å². The van der Waals surface area contributed by atoms with Crippen molar-refractivity contribution in [1.29, 1.82) is 0 Å². The molecular formula is C13H20ClN3O2S. The van der Waals surface area contributed by atoms with E-state index in [4.69, 9.17) is 17.3 Å². The van der Waals surface area contributed by atoms with Gasteiger partial charge in [0, 0.05) is 18.6 Å². The fourth-order valence-electron chi connectivity index (χ4n) is 2.10. The van der Waals surface area contributed by atoms with Crippen molar-refractivity contribution < 1.29 is 8.42 Å². The molecule has 1 aromatic rings. The lowest BCUT2D eigenvalue weighted by atomic mass is 10.3. The molecule has 20 heavy (non-hydrogen) atoms. The standard InChI is InChI=1S/C13H20ClN3O2S/c1-9(17(2)10-6-7-10)8-16-20(18,19)13-11(14)4-3-5-12(13)15/h3-5,9-10,16H,6-8,15H2,1-2H3. The third-order valence-corrected chi connectivity index (χ3v) is 5.62. The van der Waals surface area contributed by atoms with Gasteiger partial charge in [0.25, 0.3) is 0 Å². The highest BCUT2D eigenvalue weighted by molar-refractivity contribution is 7.89. The van der Waals surface area contributed by atoms with E-state index in [9.17, 15) is 8.42 Å². The summed E-state index contributed by atoms with van der Waals surface area (Å²) in [6.45, 7) is 2.33. The van der Waals surface area contributed by atoms with Gasteiger partial charge in [-0.3, -0.25) is 4.90 Å². The second-order valence-corrected chi connectivity index (χ2v) is 7.37. The number of anilines is 1. The molecule has 0 spiro atoms. The molecule has 1 aliphatic rings. The lowest BCUT2D eigenvalue weighted by Gasteiger charge is -2.24. The van der Waals surface area contributed by atoms with Crippen molar-refractivity contribution in [2.45, 2.75) is 36.7 Å². The molecule has 112 valence electrons. The van der Waals surface area contributed by atoms with E-state index < -0.39 is 10.0 Å². The molecule has 0 aliphatic heterocycles. The summed E-state index contributed by atoms with van der Waals surface area (Å²) >= 11 is 5.94. The second kappa shape index (κ2) is 5.89. The van der Waals surface area contributed by atoms with E-state index in [0.717, 1.165) is 0 Å². The maximum absolute atomic E-state index is 12.3. The smallest absolute Gasteiger partial charge is 0.244 e. The largest absolute Gasteiger partial charge is 0.398 e. The zero-order valence-corrected chi connectivity index (χ0v) is 13.2. The van der Waals surface area contributed by atoms with Crippen LogP contribution in [0.2, 0.25) is 5.02 Å². The number of nitrogen functional groups attached to an aromatic ring is 1. The monoisotopic (exact) mass is 317 g/mol. The van der Waals surface area contributed by atoms with Crippen LogP contribution in [0.5, 0.6) is 0 Å². The van der Waals surface area contributed by atoms with Crippen LogP contribution < -0.4 is 10.5 Å². The molecule has 0 aromatic heterocycles. The quantitative estimate of drug-likeness (QED) is 0.783. The number of benzene rings is 1. The number of nitrogens with one attached hydrogen (secondary N) is 1. The van der Waals surface area contributed by atoms with Gasteiger partial charge in [-0.25, -0.2) is 13.1 Å². The molecule has 0 amide bonds. The molecule has 1 saturated carbocycles. The zero-order valence-electron chi connectivity index (χ0n) is 11.6. The first kappa shape index (κ1) is 15.6. The fraction of sp³-hybridized carbons (Fsp3) is 0.538. The van der Waals surface area contributed by atoms with E-state index in [2.05, 4.69) is 9.62 Å². The molecule has 2 rings (SSSR count). The molecule has 0 bridgehead atoms. The van der Waals surface area contributed by atoms with E-state index in [1.165, 1.54) is 25.0 Å². The van der Waals surface area contributed by atoms with Crippen LogP contribution in [-0.2, 0) is 10.0 Å². The molecule has 0 saturated heterocycles. The summed E-state index contributed by atoms with van der Waals surface area (Å²) in [4.78, 5) is 2.15. The Morgan fingerprint density at radius 1 is 1.50 bits per heavy atom. The number of nitrogens with two attached hydrogens (primary N) is 1. The Labute approximate surface area is 125 Å². The van der Waals surface area contributed by atoms with Gasteiger partial charge in [0.15, 0.2) is 0 Å². The molecule has 1 aromatic carbocycles. The van der Waals surface area contributed by atoms with Crippen molar-refractivity contribution in [3.63, 3.8) is 0 Å². The van der Waals surface area contributed by atoms with E-state index >= 15 is 0 Å². The first-order valence-electron chi connectivity index (χ1n) is 6.58. The van der Waals surface area contributed by atoms with Gasteiger partial charge in [0.2, 0.25) is 10.0 Å². The normalized spacial score (nSPS) is 17.4. The maximum atomic E-state index is 12.3. The Bertz CT molecular complexity index is 567. The molecular weight excluding hydrogens is 298 g/mol. The van der Waals surface area contributed by atoms with Crippen molar-refractivity contribution in [1.82, 2.24) is 9.62 Å². The molecule has 0 radical (unpaired) electrons. The van der Waals surface area contributed by atoms with Gasteiger partial charge in [-0.05, 0) is 38.9 Å². The number of likely N-dealkylation sites (N-methyl/N-ethyl adjacent to an activating group) is 1. The molecule has 1 atom stereocenters. The van der Waals surface area contributed by atoms with Crippen molar-refractivity contribution >= 4 is 27.3 Å². The predicted octanol–water partition coefficient (Wildman–Crippen LogP) is 1.68. The van der Waals surface area contributed by atoms with Gasteiger partial charge in [0.1, 0.15) is 4.90 Å². The number of halogens is 1. The fourth-order valence-corrected chi connectivity index (χ4v) is 3.89. The zero-order chi connectivity index (χ0) is 14.9. The Hall–Kier alpha value is -0.820. The Balaban J connectivity index is 2.07. The van der Waals surface area contributed by atoms with Gasteiger partial charge >= 0.3 is 0 Å². The van der Waals surface area contributed by atoms with Gasteiger partial charge in [0.05, 0.1) is 10.7 Å². The number of hydrogen-bond donors (Lipinski definition) is 2. The SMILES string of the molecule is CC(CNS(=O)(=O)c1c(N)cccc1Cl)N(C)C1CC1. The number of nitrogens with zero attached hydrogens (tertiary/aromatic N) is 1. The first-order chi connectivity index (χ1) is 9.33. The van der Waals surface area contributed by atoms with Crippen molar-refractivity contribution in [2.24, 2.45) is 0 Å². The highest BCUT2D eigenvalue weighted by Crippen LogP contribution is 2.28. The number of hydrogen-bond acceptors (Lipinski definition) is 4. The van der Waals surface area contributed by atoms with Gasteiger partial charge in [-0.15, -0.1) is 0 Å². The van der Waals surface area contributed by atoms with E-state index in [0.29, 0.717) is 12.6 Å². The summed E-state index contributed by atoms with van der Waals surface area (Å²) in [5.74, 6) is 0. The second-order valence-electron chi connectivity index (χ2n) is 5.26. The average molecular weight is 318 g/mol. The minimum Gasteiger partial charge on any atom is -0.398 e. The van der Waals surface area contributed by atoms with Gasteiger partial charge in [-0.2, -0.15) is 0 Å². The van der Waals surface area contributed by atoms with Crippen LogP contribution in [-0.4, -0.2) is 39.0 Å².